The highest BCUT2D eigenvalue weighted by molar-refractivity contribution is 5.83. The second kappa shape index (κ2) is 10.8. The second-order valence-corrected chi connectivity index (χ2v) is 6.95. The minimum atomic E-state index is -0.0742. The number of carbonyl (C=O) groups is 1. The Balaban J connectivity index is 2.93. The van der Waals surface area contributed by atoms with Crippen LogP contribution in [0.1, 0.15) is 81.3 Å². The number of hydrogen-bond acceptors (Lipinski definition) is 3. The van der Waals surface area contributed by atoms with E-state index in [1.165, 1.54) is 11.1 Å². The largest absolute Gasteiger partial charge is 0.508 e. The van der Waals surface area contributed by atoms with Crippen LogP contribution in [-0.2, 0) is 12.8 Å². The van der Waals surface area contributed by atoms with E-state index < -0.39 is 0 Å². The summed E-state index contributed by atoms with van der Waals surface area (Å²) in [6.45, 7) is 8.33. The fourth-order valence-electron chi connectivity index (χ4n) is 2.84. The third kappa shape index (κ3) is 6.77. The molecule has 0 radical (unpaired) electrons. The van der Waals surface area contributed by atoms with Crippen molar-refractivity contribution in [1.29, 1.82) is 0 Å². The van der Waals surface area contributed by atoms with Crippen LogP contribution in [0.25, 0.3) is 0 Å². The molecule has 0 aromatic heterocycles. The highest BCUT2D eigenvalue weighted by Gasteiger charge is 2.16. The van der Waals surface area contributed by atoms with Gasteiger partial charge in [0.05, 0.1) is 5.56 Å². The molecular weight excluding hydrogens is 312 g/mol. The van der Waals surface area contributed by atoms with Gasteiger partial charge in [0.2, 0.25) is 0 Å². The number of aromatic hydroxyl groups is 2. The number of allylic oxidation sites excluding steroid dienone is 4. The molecule has 0 amide bonds. The fourth-order valence-corrected chi connectivity index (χ4v) is 2.84. The summed E-state index contributed by atoms with van der Waals surface area (Å²) in [5, 5.41) is 20.7. The average Bonchev–Trinajstić information content (AvgIpc) is 2.54. The van der Waals surface area contributed by atoms with Gasteiger partial charge in [-0.05, 0) is 64.5 Å². The third-order valence-electron chi connectivity index (χ3n) is 4.42. The van der Waals surface area contributed by atoms with Crippen LogP contribution in [0.15, 0.2) is 29.4 Å². The molecule has 1 rings (SSSR count). The van der Waals surface area contributed by atoms with Gasteiger partial charge in [0.15, 0.2) is 6.29 Å². The molecule has 0 fully saturated rings. The first-order valence-corrected chi connectivity index (χ1v) is 9.21. The van der Waals surface area contributed by atoms with Gasteiger partial charge in [-0.15, -0.1) is 0 Å². The molecular formula is C22H32O3. The minimum absolute atomic E-state index is 0.0722. The number of unbranched alkanes of at least 4 members (excludes halogenated alkanes) is 2. The molecule has 0 saturated heterocycles. The first-order chi connectivity index (χ1) is 11.9. The number of aryl methyl sites for hydroxylation is 1. The van der Waals surface area contributed by atoms with Crippen molar-refractivity contribution in [2.75, 3.05) is 0 Å². The summed E-state index contributed by atoms with van der Waals surface area (Å²) in [7, 11) is 0. The Morgan fingerprint density at radius 2 is 1.84 bits per heavy atom. The monoisotopic (exact) mass is 344 g/mol. The topological polar surface area (TPSA) is 57.5 Å². The van der Waals surface area contributed by atoms with Crippen LogP contribution >= 0.6 is 0 Å². The van der Waals surface area contributed by atoms with Crippen LogP contribution in [0.4, 0.5) is 0 Å². The number of phenols is 2. The molecule has 0 heterocycles. The van der Waals surface area contributed by atoms with Crippen molar-refractivity contribution >= 4 is 6.29 Å². The maximum absolute atomic E-state index is 11.4. The molecule has 0 unspecified atom stereocenters. The molecule has 3 heteroatoms. The van der Waals surface area contributed by atoms with E-state index in [-0.39, 0.29) is 11.5 Å². The van der Waals surface area contributed by atoms with Gasteiger partial charge < -0.3 is 10.2 Å². The minimum Gasteiger partial charge on any atom is -0.508 e. The highest BCUT2D eigenvalue weighted by atomic mass is 16.3. The van der Waals surface area contributed by atoms with Crippen LogP contribution in [0.5, 0.6) is 11.5 Å². The summed E-state index contributed by atoms with van der Waals surface area (Å²) in [6, 6.07) is 1.64. The van der Waals surface area contributed by atoms with Gasteiger partial charge in [0.1, 0.15) is 11.5 Å². The summed E-state index contributed by atoms with van der Waals surface area (Å²) in [5.74, 6) is -0.00204. The van der Waals surface area contributed by atoms with Gasteiger partial charge in [-0.25, -0.2) is 0 Å². The Bertz CT molecular complexity index is 635. The highest BCUT2D eigenvalue weighted by Crippen LogP contribution is 2.34. The van der Waals surface area contributed by atoms with Crippen molar-refractivity contribution in [2.45, 2.75) is 72.6 Å². The molecule has 2 N–H and O–H groups in total. The molecule has 0 saturated carbocycles. The van der Waals surface area contributed by atoms with Crippen LogP contribution in [0.2, 0.25) is 0 Å². The molecule has 1 aromatic carbocycles. The molecule has 138 valence electrons. The van der Waals surface area contributed by atoms with Gasteiger partial charge in [-0.2, -0.15) is 0 Å². The number of rotatable bonds is 10. The summed E-state index contributed by atoms with van der Waals surface area (Å²) < 4.78 is 0. The molecule has 25 heavy (non-hydrogen) atoms. The summed E-state index contributed by atoms with van der Waals surface area (Å²) >= 11 is 0. The van der Waals surface area contributed by atoms with Crippen LogP contribution in [0, 0.1) is 0 Å². The molecule has 0 aliphatic heterocycles. The molecule has 0 aliphatic carbocycles. The van der Waals surface area contributed by atoms with Crippen molar-refractivity contribution in [3.8, 4) is 11.5 Å². The Labute approximate surface area is 152 Å². The first kappa shape index (κ1) is 21.0. The van der Waals surface area contributed by atoms with E-state index in [1.54, 1.807) is 6.07 Å². The molecule has 3 nitrogen and oxygen atoms in total. The lowest BCUT2D eigenvalue weighted by Crippen LogP contribution is -1.98. The standard InChI is InChI=1S/C22H32O3/c1-5-6-7-11-18-14-21(24)19(22(25)20(18)15-23)13-12-17(4)10-8-9-16(2)3/h9,12,14-15,24-25H,5-8,10-11,13H2,1-4H3/b17-12+. The number of phenolic OH excluding ortho intramolecular Hbond substituents is 2. The van der Waals surface area contributed by atoms with E-state index >= 15 is 0 Å². The Hall–Kier alpha value is -2.03. The zero-order valence-electron chi connectivity index (χ0n) is 16.1. The normalized spacial score (nSPS) is 11.4. The van der Waals surface area contributed by atoms with Crippen LogP contribution < -0.4 is 0 Å². The number of hydrogen-bond donors (Lipinski definition) is 2. The van der Waals surface area contributed by atoms with Crippen molar-refractivity contribution in [3.63, 3.8) is 0 Å². The van der Waals surface area contributed by atoms with Crippen molar-refractivity contribution in [2.24, 2.45) is 0 Å². The number of benzene rings is 1. The number of carbonyl (C=O) groups excluding carboxylic acids is 1. The first-order valence-electron chi connectivity index (χ1n) is 9.21. The summed E-state index contributed by atoms with van der Waals surface area (Å²) in [4.78, 5) is 11.4. The van der Waals surface area contributed by atoms with E-state index in [4.69, 9.17) is 0 Å². The predicted octanol–water partition coefficient (Wildman–Crippen LogP) is 5.88. The van der Waals surface area contributed by atoms with Gasteiger partial charge in [0, 0.05) is 5.56 Å². The zero-order chi connectivity index (χ0) is 18.8. The molecule has 0 atom stereocenters. The summed E-state index contributed by atoms with van der Waals surface area (Å²) in [6.07, 6.45) is 11.1. The molecule has 0 aliphatic rings. The predicted molar refractivity (Wildman–Crippen MR) is 105 cm³/mol. The fraction of sp³-hybridized carbons (Fsp3) is 0.500. The summed E-state index contributed by atoms with van der Waals surface area (Å²) in [5.41, 5.74) is 3.99. The van der Waals surface area contributed by atoms with E-state index in [1.807, 2.05) is 13.0 Å². The van der Waals surface area contributed by atoms with Crippen LogP contribution in [0.3, 0.4) is 0 Å². The van der Waals surface area contributed by atoms with Crippen LogP contribution in [-0.4, -0.2) is 16.5 Å². The Morgan fingerprint density at radius 1 is 1.12 bits per heavy atom. The van der Waals surface area contributed by atoms with E-state index in [0.29, 0.717) is 30.3 Å². The van der Waals surface area contributed by atoms with Gasteiger partial charge in [-0.1, -0.05) is 43.1 Å². The van der Waals surface area contributed by atoms with Gasteiger partial charge in [-0.3, -0.25) is 4.79 Å². The second-order valence-electron chi connectivity index (χ2n) is 6.95. The Morgan fingerprint density at radius 3 is 2.44 bits per heavy atom. The van der Waals surface area contributed by atoms with Gasteiger partial charge in [0.25, 0.3) is 0 Å². The quantitative estimate of drug-likeness (QED) is 0.317. The lowest BCUT2D eigenvalue weighted by atomic mass is 9.95. The van der Waals surface area contributed by atoms with Crippen molar-refractivity contribution < 1.29 is 15.0 Å². The Kier molecular flexibility index (Phi) is 9.04. The lowest BCUT2D eigenvalue weighted by molar-refractivity contribution is 0.112. The van der Waals surface area contributed by atoms with Gasteiger partial charge >= 0.3 is 0 Å². The smallest absolute Gasteiger partial charge is 0.154 e. The van der Waals surface area contributed by atoms with E-state index in [2.05, 4.69) is 26.8 Å². The molecule has 0 spiro atoms. The van der Waals surface area contributed by atoms with E-state index in [9.17, 15) is 15.0 Å². The average molecular weight is 344 g/mol. The SMILES string of the molecule is CCCCCc1cc(O)c(C/C=C(\C)CCC=C(C)C)c(O)c1C=O. The number of aldehydes is 1. The molecule has 1 aromatic rings. The van der Waals surface area contributed by atoms with Crippen molar-refractivity contribution in [1.82, 2.24) is 0 Å². The van der Waals surface area contributed by atoms with Crippen molar-refractivity contribution in [3.05, 3.63) is 46.1 Å². The molecule has 0 bridgehead atoms. The maximum atomic E-state index is 11.4. The van der Waals surface area contributed by atoms with E-state index in [0.717, 1.165) is 37.7 Å². The maximum Gasteiger partial charge on any atom is 0.154 e. The third-order valence-corrected chi connectivity index (χ3v) is 4.42. The zero-order valence-corrected chi connectivity index (χ0v) is 16.1. The lowest BCUT2D eigenvalue weighted by Gasteiger charge is -2.13.